The summed E-state index contributed by atoms with van der Waals surface area (Å²) in [6.07, 6.45) is 0. The van der Waals surface area contributed by atoms with Crippen molar-refractivity contribution < 1.29 is 19.1 Å². The maximum Gasteiger partial charge on any atom is 0.309 e. The second kappa shape index (κ2) is 7.94. The Morgan fingerprint density at radius 2 is 1.84 bits per heavy atom. The number of benzene rings is 2. The summed E-state index contributed by atoms with van der Waals surface area (Å²) in [5.74, 6) is 2.75. The minimum absolute atomic E-state index is 0.119. The van der Waals surface area contributed by atoms with Crippen molar-refractivity contribution >= 4 is 29.0 Å². The Balaban J connectivity index is 2.48. The van der Waals surface area contributed by atoms with Crippen molar-refractivity contribution in [1.29, 1.82) is 0 Å². The first-order valence-electron chi connectivity index (χ1n) is 7.14. The molecular weight excluding hydrogens is 409 g/mol. The maximum absolute atomic E-state index is 13.2. The molecule has 2 rings (SSSR count). The average Bonchev–Trinajstić information content (AvgIpc) is 2.66. The molecule has 0 aliphatic rings. The summed E-state index contributed by atoms with van der Waals surface area (Å²) in [5.41, 5.74) is 3.26. The summed E-state index contributed by atoms with van der Waals surface area (Å²) in [7, 11) is -2.66. The third kappa shape index (κ3) is 4.00. The lowest BCUT2D eigenvalue weighted by atomic mass is 10.1. The van der Waals surface area contributed by atoms with E-state index in [0.717, 1.165) is 0 Å². The maximum atomic E-state index is 13.2. The van der Waals surface area contributed by atoms with E-state index in [0.29, 0.717) is 5.56 Å². The molecule has 0 unspecified atom stereocenters. The Hall–Kier alpha value is -1.97. The van der Waals surface area contributed by atoms with E-state index in [2.05, 4.69) is 27.5 Å². The summed E-state index contributed by atoms with van der Waals surface area (Å²) in [6.45, 7) is 0. The summed E-state index contributed by atoms with van der Waals surface area (Å²) < 4.78 is 18.3. The van der Waals surface area contributed by atoms with Crippen LogP contribution in [0, 0.1) is 21.7 Å². The highest BCUT2D eigenvalue weighted by molar-refractivity contribution is 9.09. The van der Waals surface area contributed by atoms with Gasteiger partial charge < -0.3 is 9.63 Å². The number of halogens is 1. The molecule has 8 heteroatoms. The number of nitrogens with zero attached hydrogens (tertiary/aromatic N) is 1. The molecule has 0 saturated heterocycles. The largest absolute Gasteiger partial charge is 0.374 e. The molecule has 0 aliphatic heterocycles. The van der Waals surface area contributed by atoms with Crippen LogP contribution in [0.4, 0.5) is 5.69 Å². The summed E-state index contributed by atoms with van der Waals surface area (Å²) in [4.78, 5) is 10.2. The Labute approximate surface area is 153 Å². The molecule has 0 amide bonds. The average molecular weight is 424 g/mol. The van der Waals surface area contributed by atoms with E-state index in [1.165, 1.54) is 31.4 Å². The third-order valence-electron chi connectivity index (χ3n) is 3.59. The van der Waals surface area contributed by atoms with Crippen molar-refractivity contribution in [3.63, 3.8) is 0 Å². The highest BCUT2D eigenvalue weighted by atomic mass is 79.9. The molecule has 0 bridgehead atoms. The van der Waals surface area contributed by atoms with Gasteiger partial charge in [0, 0.05) is 30.1 Å². The molecule has 130 valence electrons. The molecule has 0 spiro atoms. The standard InChI is InChI=1S/C17H15BrNO5P/c1-24-25(23,12-11-14-5-3-2-4-6-14)17(20,13-18)15-7-9-16(10-8-15)19(21)22/h2-10,20H,13H2,1H3/t17-,25+/m0/s1. The molecule has 0 fully saturated rings. The van der Waals surface area contributed by atoms with Gasteiger partial charge in [0.25, 0.3) is 5.69 Å². The van der Waals surface area contributed by atoms with Crippen LogP contribution in [0.1, 0.15) is 11.1 Å². The summed E-state index contributed by atoms with van der Waals surface area (Å²) in [6, 6.07) is 14.0. The Kier molecular flexibility index (Phi) is 6.15. The van der Waals surface area contributed by atoms with E-state index in [-0.39, 0.29) is 16.6 Å². The van der Waals surface area contributed by atoms with E-state index in [4.69, 9.17) is 4.52 Å². The highest BCUT2D eigenvalue weighted by Crippen LogP contribution is 2.62. The van der Waals surface area contributed by atoms with Crippen molar-refractivity contribution in [3.05, 3.63) is 75.8 Å². The molecule has 0 heterocycles. The second-order valence-corrected chi connectivity index (χ2v) is 8.08. The number of hydrogen-bond donors (Lipinski definition) is 1. The Morgan fingerprint density at radius 3 is 2.32 bits per heavy atom. The lowest BCUT2D eigenvalue weighted by Crippen LogP contribution is -2.28. The molecule has 0 radical (unpaired) electrons. The molecule has 0 aliphatic carbocycles. The van der Waals surface area contributed by atoms with Crippen LogP contribution in [0.3, 0.4) is 0 Å². The van der Waals surface area contributed by atoms with Crippen molar-refractivity contribution in [2.75, 3.05) is 12.4 Å². The summed E-state index contributed by atoms with van der Waals surface area (Å²) >= 11 is 3.16. The predicted octanol–water partition coefficient (Wildman–Crippen LogP) is 4.07. The zero-order valence-corrected chi connectivity index (χ0v) is 15.7. The van der Waals surface area contributed by atoms with Crippen molar-refractivity contribution in [2.45, 2.75) is 5.34 Å². The number of non-ortho nitro benzene ring substituents is 1. The van der Waals surface area contributed by atoms with Crippen molar-refractivity contribution in [1.82, 2.24) is 0 Å². The van der Waals surface area contributed by atoms with Gasteiger partial charge in [0.1, 0.15) is 0 Å². The van der Waals surface area contributed by atoms with E-state index in [1.807, 2.05) is 6.07 Å². The first kappa shape index (κ1) is 19.4. The zero-order chi connectivity index (χ0) is 18.5. The number of alkyl halides is 1. The third-order valence-corrected chi connectivity index (χ3v) is 7.15. The number of nitro benzene ring substituents is 1. The minimum Gasteiger partial charge on any atom is -0.374 e. The van der Waals surface area contributed by atoms with Crippen LogP contribution >= 0.6 is 23.3 Å². The normalized spacial score (nSPS) is 15.3. The SMILES string of the molecule is CO[P@](=O)(C#Cc1ccccc1)[C@@](O)(CBr)c1ccc([N+](=O)[O-])cc1. The summed E-state index contributed by atoms with van der Waals surface area (Å²) in [5, 5.41) is 19.7. The van der Waals surface area contributed by atoms with Gasteiger partial charge >= 0.3 is 7.37 Å². The van der Waals surface area contributed by atoms with Gasteiger partial charge in [-0.1, -0.05) is 40.0 Å². The van der Waals surface area contributed by atoms with Crippen LogP contribution in [0.25, 0.3) is 0 Å². The predicted molar refractivity (Wildman–Crippen MR) is 98.7 cm³/mol. The zero-order valence-electron chi connectivity index (χ0n) is 13.3. The quantitative estimate of drug-likeness (QED) is 0.257. The van der Waals surface area contributed by atoms with Gasteiger partial charge in [-0.2, -0.15) is 0 Å². The van der Waals surface area contributed by atoms with Crippen LogP contribution in [0.5, 0.6) is 0 Å². The highest BCUT2D eigenvalue weighted by Gasteiger charge is 2.47. The lowest BCUT2D eigenvalue weighted by Gasteiger charge is -2.30. The Bertz CT molecular complexity index is 860. The number of hydrogen-bond acceptors (Lipinski definition) is 5. The molecule has 2 atom stereocenters. The van der Waals surface area contributed by atoms with Gasteiger partial charge in [0.15, 0.2) is 5.34 Å². The van der Waals surface area contributed by atoms with Gasteiger partial charge in [-0.15, -0.1) is 0 Å². The number of aliphatic hydroxyl groups is 1. The number of rotatable bonds is 5. The second-order valence-electron chi connectivity index (χ2n) is 5.09. The van der Waals surface area contributed by atoms with Gasteiger partial charge in [-0.3, -0.25) is 14.7 Å². The van der Waals surface area contributed by atoms with Gasteiger partial charge in [0.05, 0.1) is 4.92 Å². The molecule has 2 aromatic rings. The van der Waals surface area contributed by atoms with Gasteiger partial charge in [0.2, 0.25) is 0 Å². The van der Waals surface area contributed by atoms with Gasteiger partial charge in [-0.25, -0.2) is 0 Å². The van der Waals surface area contributed by atoms with Crippen LogP contribution < -0.4 is 0 Å². The molecule has 0 saturated carbocycles. The van der Waals surface area contributed by atoms with Crippen LogP contribution in [-0.4, -0.2) is 22.5 Å². The van der Waals surface area contributed by atoms with Crippen LogP contribution in [0.2, 0.25) is 0 Å². The monoisotopic (exact) mass is 423 g/mol. The lowest BCUT2D eigenvalue weighted by molar-refractivity contribution is -0.384. The van der Waals surface area contributed by atoms with Crippen LogP contribution in [-0.2, 0) is 14.4 Å². The fourth-order valence-electron chi connectivity index (χ4n) is 2.12. The van der Waals surface area contributed by atoms with Crippen LogP contribution in [0.15, 0.2) is 54.6 Å². The molecule has 2 aromatic carbocycles. The topological polar surface area (TPSA) is 89.7 Å². The van der Waals surface area contributed by atoms with E-state index in [9.17, 15) is 19.8 Å². The molecule has 1 N–H and O–H groups in total. The van der Waals surface area contributed by atoms with E-state index >= 15 is 0 Å². The van der Waals surface area contributed by atoms with E-state index < -0.39 is 17.6 Å². The van der Waals surface area contributed by atoms with E-state index in [1.54, 1.807) is 24.3 Å². The first-order valence-corrected chi connectivity index (χ1v) is 9.88. The molecule has 0 aromatic heterocycles. The minimum atomic E-state index is -3.87. The number of nitro groups is 1. The first-order chi connectivity index (χ1) is 11.9. The molecule has 6 nitrogen and oxygen atoms in total. The Morgan fingerprint density at radius 1 is 1.24 bits per heavy atom. The molecular formula is C17H15BrNO5P. The molecule has 25 heavy (non-hydrogen) atoms. The fraction of sp³-hybridized carbons (Fsp3) is 0.176. The van der Waals surface area contributed by atoms with Gasteiger partial charge in [-0.05, 0) is 35.5 Å². The smallest absolute Gasteiger partial charge is 0.309 e. The van der Waals surface area contributed by atoms with Crippen molar-refractivity contribution in [3.8, 4) is 11.6 Å². The van der Waals surface area contributed by atoms with Crippen molar-refractivity contribution in [2.24, 2.45) is 0 Å². The fourth-order valence-corrected chi connectivity index (χ4v) is 4.94.